The number of amides is 1. The molecular weight excluding hydrogens is 442 g/mol. The Labute approximate surface area is 197 Å². The van der Waals surface area contributed by atoms with Gasteiger partial charge in [-0.15, -0.1) is 11.3 Å². The number of ether oxygens (including phenoxy) is 1. The number of aromatic nitrogens is 2. The van der Waals surface area contributed by atoms with Crippen LogP contribution in [0.5, 0.6) is 0 Å². The lowest BCUT2D eigenvalue weighted by atomic mass is 10.1. The maximum atomic E-state index is 12.8. The number of aryl methyl sites for hydroxylation is 3. The van der Waals surface area contributed by atoms with Crippen LogP contribution in [0.25, 0.3) is 10.2 Å². The quantitative estimate of drug-likeness (QED) is 0.266. The summed E-state index contributed by atoms with van der Waals surface area (Å²) >= 11 is 2.71. The number of fused-ring (bicyclic) bond motifs is 1. The minimum atomic E-state index is -0.348. The van der Waals surface area contributed by atoms with Gasteiger partial charge in [0.15, 0.2) is 0 Å². The van der Waals surface area contributed by atoms with Crippen LogP contribution in [0.3, 0.4) is 0 Å². The summed E-state index contributed by atoms with van der Waals surface area (Å²) < 4.78 is 5.18. The molecule has 0 aliphatic carbocycles. The molecule has 2 heterocycles. The highest BCUT2D eigenvalue weighted by Crippen LogP contribution is 2.37. The van der Waals surface area contributed by atoms with Crippen LogP contribution in [0, 0.1) is 13.8 Å². The summed E-state index contributed by atoms with van der Waals surface area (Å²) in [6, 6.07) is 10.3. The van der Waals surface area contributed by atoms with Crippen molar-refractivity contribution in [2.45, 2.75) is 63.8 Å². The highest BCUT2D eigenvalue weighted by Gasteiger charge is 2.24. The van der Waals surface area contributed by atoms with Crippen LogP contribution < -0.4 is 5.32 Å². The molecule has 0 bridgehead atoms. The van der Waals surface area contributed by atoms with Crippen molar-refractivity contribution in [3.63, 3.8) is 0 Å². The summed E-state index contributed by atoms with van der Waals surface area (Å²) in [4.78, 5) is 35.5. The molecule has 0 spiro atoms. The number of hydrogen-bond acceptors (Lipinski definition) is 7. The summed E-state index contributed by atoms with van der Waals surface area (Å²) in [7, 11) is 0. The maximum Gasteiger partial charge on any atom is 0.348 e. The van der Waals surface area contributed by atoms with Crippen LogP contribution in [0.15, 0.2) is 35.4 Å². The molecule has 6 nitrogen and oxygen atoms in total. The number of nitrogens with zero attached hydrogens (tertiary/aromatic N) is 2. The number of nitrogens with one attached hydrogen (secondary N) is 1. The average Bonchev–Trinajstić information content (AvgIpc) is 3.09. The van der Waals surface area contributed by atoms with Crippen LogP contribution >= 0.6 is 23.1 Å². The fourth-order valence-corrected chi connectivity index (χ4v) is 5.61. The minimum Gasteiger partial charge on any atom is -0.462 e. The summed E-state index contributed by atoms with van der Waals surface area (Å²) in [5.74, 6) is 0.235. The number of carbonyl (C=O) groups excluding carboxylic acids is 2. The van der Waals surface area contributed by atoms with Gasteiger partial charge in [-0.25, -0.2) is 14.8 Å². The third-order valence-electron chi connectivity index (χ3n) is 5.08. The summed E-state index contributed by atoms with van der Waals surface area (Å²) in [5, 5.41) is 4.32. The van der Waals surface area contributed by atoms with Gasteiger partial charge in [0.2, 0.25) is 5.91 Å². The van der Waals surface area contributed by atoms with Gasteiger partial charge in [-0.3, -0.25) is 4.79 Å². The maximum absolute atomic E-state index is 12.8. The molecule has 0 unspecified atom stereocenters. The van der Waals surface area contributed by atoms with Crippen molar-refractivity contribution in [1.29, 1.82) is 0 Å². The van der Waals surface area contributed by atoms with Crippen LogP contribution in [-0.2, 0) is 16.0 Å². The Morgan fingerprint density at radius 2 is 1.88 bits per heavy atom. The van der Waals surface area contributed by atoms with Crippen molar-refractivity contribution < 1.29 is 14.3 Å². The molecule has 8 heteroatoms. The monoisotopic (exact) mass is 471 g/mol. The topological polar surface area (TPSA) is 81.2 Å². The van der Waals surface area contributed by atoms with E-state index in [2.05, 4.69) is 27.4 Å². The first-order valence-corrected chi connectivity index (χ1v) is 12.5. The van der Waals surface area contributed by atoms with E-state index in [1.54, 1.807) is 6.92 Å². The van der Waals surface area contributed by atoms with Gasteiger partial charge < -0.3 is 10.1 Å². The van der Waals surface area contributed by atoms with Crippen molar-refractivity contribution in [3.05, 3.63) is 52.2 Å². The number of thiophene rings is 1. The Morgan fingerprint density at radius 3 is 2.56 bits per heavy atom. The molecule has 170 valence electrons. The van der Waals surface area contributed by atoms with E-state index in [0.29, 0.717) is 17.3 Å². The molecule has 0 saturated heterocycles. The zero-order valence-corrected chi connectivity index (χ0v) is 20.7. The smallest absolute Gasteiger partial charge is 0.348 e. The highest BCUT2D eigenvalue weighted by molar-refractivity contribution is 8.00. The van der Waals surface area contributed by atoms with Crippen molar-refractivity contribution in [2.24, 2.45) is 0 Å². The molecule has 2 atom stereocenters. The zero-order valence-electron chi connectivity index (χ0n) is 19.1. The third-order valence-corrected chi connectivity index (χ3v) is 7.34. The Morgan fingerprint density at radius 1 is 1.16 bits per heavy atom. The first-order chi connectivity index (χ1) is 15.3. The minimum absolute atomic E-state index is 0.0292. The second-order valence-electron chi connectivity index (χ2n) is 7.73. The Kier molecular flexibility index (Phi) is 8.26. The molecule has 0 radical (unpaired) electrons. The largest absolute Gasteiger partial charge is 0.462 e. The molecule has 0 aliphatic heterocycles. The van der Waals surface area contributed by atoms with Crippen molar-refractivity contribution in [1.82, 2.24) is 15.3 Å². The second kappa shape index (κ2) is 10.9. The third kappa shape index (κ3) is 5.86. The van der Waals surface area contributed by atoms with E-state index in [1.807, 2.05) is 45.9 Å². The summed E-state index contributed by atoms with van der Waals surface area (Å²) in [6.45, 7) is 9.70. The molecule has 0 fully saturated rings. The number of esters is 1. The molecule has 1 N–H and O–H groups in total. The molecule has 32 heavy (non-hydrogen) atoms. The SMILES string of the molecule is CCOC(=O)c1sc2nc(C)nc(S[C@H](C)C(=O)N[C@H](C)CCc3ccccc3)c2c1C. The standard InChI is InChI=1S/C24H29N3O3S2/c1-6-30-24(29)20-15(3)19-22(26-17(5)27-23(19)32-20)31-16(4)21(28)25-14(2)12-13-18-10-8-7-9-11-18/h7-11,14,16H,6,12-13H2,1-5H3,(H,25,28)/t14-,16-/m1/s1. The van der Waals surface area contributed by atoms with Crippen LogP contribution in [0.2, 0.25) is 0 Å². The lowest BCUT2D eigenvalue weighted by Crippen LogP contribution is -2.37. The van der Waals surface area contributed by atoms with Crippen LogP contribution in [-0.4, -0.2) is 39.7 Å². The number of carbonyl (C=O) groups is 2. The lowest BCUT2D eigenvalue weighted by molar-refractivity contribution is -0.120. The molecule has 1 amide bonds. The van der Waals surface area contributed by atoms with Crippen molar-refractivity contribution in [3.8, 4) is 0 Å². The summed E-state index contributed by atoms with van der Waals surface area (Å²) in [6.07, 6.45) is 1.79. The Hall–Kier alpha value is -2.45. The van der Waals surface area contributed by atoms with Gasteiger partial charge in [0.1, 0.15) is 20.6 Å². The molecule has 1 aromatic carbocycles. The fourth-order valence-electron chi connectivity index (χ4n) is 3.36. The Bertz CT molecular complexity index is 1100. The average molecular weight is 472 g/mol. The number of thioether (sulfide) groups is 1. The number of hydrogen-bond donors (Lipinski definition) is 1. The van der Waals surface area contributed by atoms with E-state index < -0.39 is 0 Å². The van der Waals surface area contributed by atoms with Gasteiger partial charge >= 0.3 is 5.97 Å². The highest BCUT2D eigenvalue weighted by atomic mass is 32.2. The number of rotatable bonds is 9. The molecule has 3 aromatic rings. The first-order valence-electron chi connectivity index (χ1n) is 10.8. The normalized spacial score (nSPS) is 13.0. The summed E-state index contributed by atoms with van der Waals surface area (Å²) in [5.41, 5.74) is 2.06. The van der Waals surface area contributed by atoms with E-state index in [0.717, 1.165) is 33.6 Å². The van der Waals surface area contributed by atoms with E-state index in [-0.39, 0.29) is 23.2 Å². The van der Waals surface area contributed by atoms with Gasteiger partial charge in [-0.05, 0) is 58.6 Å². The van der Waals surface area contributed by atoms with Gasteiger partial charge in [-0.1, -0.05) is 42.1 Å². The molecular formula is C24H29N3O3S2. The van der Waals surface area contributed by atoms with E-state index in [4.69, 9.17) is 4.74 Å². The predicted molar refractivity (Wildman–Crippen MR) is 131 cm³/mol. The lowest BCUT2D eigenvalue weighted by Gasteiger charge is -2.17. The Balaban J connectivity index is 1.70. The number of benzene rings is 1. The van der Waals surface area contributed by atoms with Gasteiger partial charge in [0, 0.05) is 11.4 Å². The van der Waals surface area contributed by atoms with E-state index in [1.165, 1.54) is 28.7 Å². The van der Waals surface area contributed by atoms with Crippen LogP contribution in [0.1, 0.15) is 53.8 Å². The van der Waals surface area contributed by atoms with Gasteiger partial charge in [-0.2, -0.15) is 0 Å². The van der Waals surface area contributed by atoms with Gasteiger partial charge in [0.25, 0.3) is 0 Å². The van der Waals surface area contributed by atoms with Gasteiger partial charge in [0.05, 0.1) is 11.9 Å². The fraction of sp³-hybridized carbons (Fsp3) is 0.417. The molecule has 2 aromatic heterocycles. The van der Waals surface area contributed by atoms with Crippen LogP contribution in [0.4, 0.5) is 0 Å². The zero-order chi connectivity index (χ0) is 23.3. The molecule has 0 aliphatic rings. The van der Waals surface area contributed by atoms with Crippen molar-refractivity contribution in [2.75, 3.05) is 6.61 Å². The second-order valence-corrected chi connectivity index (χ2v) is 10.1. The first kappa shape index (κ1) is 24.2. The van der Waals surface area contributed by atoms with Crippen molar-refractivity contribution >= 4 is 45.2 Å². The predicted octanol–water partition coefficient (Wildman–Crippen LogP) is 5.10. The molecule has 3 rings (SSSR count). The van der Waals surface area contributed by atoms with E-state index >= 15 is 0 Å². The van der Waals surface area contributed by atoms with E-state index in [9.17, 15) is 9.59 Å². The molecule has 0 saturated carbocycles.